The van der Waals surface area contributed by atoms with Crippen molar-refractivity contribution in [2.75, 3.05) is 264 Å². The highest BCUT2D eigenvalue weighted by atomic mass is 16.6. The summed E-state index contributed by atoms with van der Waals surface area (Å²) in [5.74, 6) is -0.931. The van der Waals surface area contributed by atoms with Crippen molar-refractivity contribution < 1.29 is 109 Å². The van der Waals surface area contributed by atoms with Gasteiger partial charge in [-0.3, -0.25) is 0 Å². The molecule has 0 saturated heterocycles. The highest BCUT2D eigenvalue weighted by molar-refractivity contribution is 5.81. The summed E-state index contributed by atoms with van der Waals surface area (Å²) < 4.78 is 113. The van der Waals surface area contributed by atoms with Gasteiger partial charge in [0.2, 0.25) is 0 Å². The molecule has 0 amide bonds. The molecule has 23 nitrogen and oxygen atoms in total. The Morgan fingerprint density at radius 3 is 0.362 bits per heavy atom. The molecular formula is C46H86O23. The van der Waals surface area contributed by atoms with Gasteiger partial charge in [0.05, 0.1) is 251 Å². The molecule has 0 atom stereocenters. The van der Waals surface area contributed by atoms with E-state index in [4.69, 9.17) is 99.5 Å². The van der Waals surface area contributed by atoms with E-state index in [1.807, 2.05) is 0 Å². The highest BCUT2D eigenvalue weighted by Gasteiger charge is 2.00. The Labute approximate surface area is 409 Å². The molecule has 0 rings (SSSR count). The first kappa shape index (κ1) is 66.7. The van der Waals surface area contributed by atoms with Crippen molar-refractivity contribution in [3.05, 3.63) is 25.3 Å². The predicted molar refractivity (Wildman–Crippen MR) is 248 cm³/mol. The molecule has 0 heterocycles. The van der Waals surface area contributed by atoms with Crippen LogP contribution in [-0.4, -0.2) is 276 Å². The zero-order chi connectivity index (χ0) is 49.7. The zero-order valence-electron chi connectivity index (χ0n) is 41.2. The number of rotatable bonds is 62. The lowest BCUT2D eigenvalue weighted by Crippen LogP contribution is -2.16. The van der Waals surface area contributed by atoms with Gasteiger partial charge in [0, 0.05) is 12.2 Å². The molecule has 0 unspecified atom stereocenters. The highest BCUT2D eigenvalue weighted by Crippen LogP contribution is 1.90. The van der Waals surface area contributed by atoms with E-state index in [-0.39, 0.29) is 13.2 Å². The van der Waals surface area contributed by atoms with Crippen molar-refractivity contribution >= 4 is 11.9 Å². The fourth-order valence-electron chi connectivity index (χ4n) is 4.58. The lowest BCUT2D eigenvalue weighted by Gasteiger charge is -2.09. The molecule has 0 N–H and O–H groups in total. The van der Waals surface area contributed by atoms with E-state index >= 15 is 0 Å². The van der Waals surface area contributed by atoms with Crippen molar-refractivity contribution in [3.8, 4) is 0 Å². The molecule has 0 aliphatic heterocycles. The number of ether oxygens (including phenoxy) is 21. The van der Waals surface area contributed by atoms with Crippen LogP contribution in [0.4, 0.5) is 0 Å². The van der Waals surface area contributed by atoms with Crippen LogP contribution in [0.2, 0.25) is 0 Å². The lowest BCUT2D eigenvalue weighted by atomic mass is 10.6. The first-order valence-electron chi connectivity index (χ1n) is 23.8. The second kappa shape index (κ2) is 61.8. The Morgan fingerprint density at radius 1 is 0.188 bits per heavy atom. The Balaban J connectivity index is 3.08. The largest absolute Gasteiger partial charge is 0.460 e. The van der Waals surface area contributed by atoms with Crippen LogP contribution < -0.4 is 0 Å². The monoisotopic (exact) mass is 1010 g/mol. The quantitative estimate of drug-likeness (QED) is 0.0466. The minimum atomic E-state index is -0.465. The van der Waals surface area contributed by atoms with Crippen LogP contribution in [0.3, 0.4) is 0 Å². The minimum absolute atomic E-state index is 0.190. The lowest BCUT2D eigenvalue weighted by molar-refractivity contribution is -0.140. The maximum absolute atomic E-state index is 10.9. The smallest absolute Gasteiger partial charge is 0.330 e. The van der Waals surface area contributed by atoms with E-state index in [0.717, 1.165) is 12.2 Å². The summed E-state index contributed by atoms with van der Waals surface area (Å²) in [4.78, 5) is 21.7. The maximum Gasteiger partial charge on any atom is 0.330 e. The third-order valence-electron chi connectivity index (χ3n) is 7.97. The Morgan fingerprint density at radius 2 is 0.275 bits per heavy atom. The molecular weight excluding hydrogens is 920 g/mol. The summed E-state index contributed by atoms with van der Waals surface area (Å²) in [5, 5.41) is 0. The first-order chi connectivity index (χ1) is 34.2. The zero-order valence-corrected chi connectivity index (χ0v) is 41.2. The Hall–Kier alpha value is -2.34. The molecule has 0 aromatic carbocycles. The Bertz CT molecular complexity index is 969. The van der Waals surface area contributed by atoms with Crippen LogP contribution in [0.5, 0.6) is 0 Å². The van der Waals surface area contributed by atoms with Gasteiger partial charge in [0.1, 0.15) is 13.2 Å². The summed E-state index contributed by atoms with van der Waals surface area (Å²) in [6, 6.07) is 0. The summed E-state index contributed by atoms with van der Waals surface area (Å²) in [7, 11) is 0. The van der Waals surface area contributed by atoms with Crippen LogP contribution >= 0.6 is 0 Å². The van der Waals surface area contributed by atoms with Gasteiger partial charge >= 0.3 is 11.9 Å². The molecule has 0 bridgehead atoms. The summed E-state index contributed by atoms with van der Waals surface area (Å²) >= 11 is 0. The fourth-order valence-corrected chi connectivity index (χ4v) is 4.58. The van der Waals surface area contributed by atoms with Crippen LogP contribution in [0, 0.1) is 0 Å². The second-order valence-corrected chi connectivity index (χ2v) is 13.4. The van der Waals surface area contributed by atoms with E-state index < -0.39 is 11.9 Å². The molecule has 0 aliphatic rings. The minimum Gasteiger partial charge on any atom is -0.460 e. The molecule has 0 radical (unpaired) electrons. The van der Waals surface area contributed by atoms with Crippen LogP contribution in [0.25, 0.3) is 0 Å². The summed E-state index contributed by atoms with van der Waals surface area (Å²) in [5.41, 5.74) is 0. The van der Waals surface area contributed by atoms with Crippen molar-refractivity contribution in [1.29, 1.82) is 0 Å². The van der Waals surface area contributed by atoms with Gasteiger partial charge in [0.15, 0.2) is 0 Å². The van der Waals surface area contributed by atoms with Gasteiger partial charge in [-0.2, -0.15) is 0 Å². The van der Waals surface area contributed by atoms with Crippen LogP contribution in [0.15, 0.2) is 25.3 Å². The molecule has 69 heavy (non-hydrogen) atoms. The van der Waals surface area contributed by atoms with Gasteiger partial charge in [-0.1, -0.05) is 13.2 Å². The number of hydrogen-bond acceptors (Lipinski definition) is 23. The number of carbonyl (C=O) groups excluding carboxylic acids is 2. The van der Waals surface area contributed by atoms with Crippen molar-refractivity contribution in [3.63, 3.8) is 0 Å². The molecule has 23 heteroatoms. The standard InChI is InChI=1S/C46H86O23/c1-3-45(47)68-43-41-66-39-37-64-35-33-62-31-29-60-27-25-58-23-21-56-19-17-54-15-13-52-11-9-50-7-5-49-6-8-51-10-12-53-14-16-55-18-20-57-22-24-59-26-28-61-30-32-63-34-36-65-38-40-67-42-44-69-46(48)4-2/h3-4H,1-2,5-44H2. The van der Waals surface area contributed by atoms with Crippen molar-refractivity contribution in [2.24, 2.45) is 0 Å². The third-order valence-corrected chi connectivity index (χ3v) is 7.97. The molecule has 0 saturated carbocycles. The number of hydrogen-bond donors (Lipinski definition) is 0. The van der Waals surface area contributed by atoms with E-state index in [1.165, 1.54) is 0 Å². The first-order valence-corrected chi connectivity index (χ1v) is 23.8. The average Bonchev–Trinajstić information content (AvgIpc) is 3.36. The molecule has 0 fully saturated rings. The third kappa shape index (κ3) is 61.7. The molecule has 0 aliphatic carbocycles. The van der Waals surface area contributed by atoms with Gasteiger partial charge < -0.3 is 99.5 Å². The molecule has 0 aromatic rings. The molecule has 0 spiro atoms. The fraction of sp³-hybridized carbons (Fsp3) is 0.870. The SMILES string of the molecule is C=CC(=O)OCCOCCOCCOCCOCCOCCOCCOCCOCCOCCOCCOCCOCCOCCOCCOCCOCCOCCOCCOCCOC(=O)C=C. The number of esters is 2. The van der Waals surface area contributed by atoms with Gasteiger partial charge in [-0.25, -0.2) is 9.59 Å². The number of carbonyl (C=O) groups is 2. The topological polar surface area (TPSA) is 228 Å². The average molecular weight is 1010 g/mol. The van der Waals surface area contributed by atoms with Gasteiger partial charge in [0.25, 0.3) is 0 Å². The van der Waals surface area contributed by atoms with Gasteiger partial charge in [-0.15, -0.1) is 0 Å². The molecule has 408 valence electrons. The van der Waals surface area contributed by atoms with Crippen molar-refractivity contribution in [1.82, 2.24) is 0 Å². The summed E-state index contributed by atoms with van der Waals surface area (Å²) in [6.45, 7) is 24.6. The predicted octanol–water partition coefficient (Wildman–Crippen LogP) is 0.760. The van der Waals surface area contributed by atoms with E-state index in [1.54, 1.807) is 0 Å². The van der Waals surface area contributed by atoms with E-state index in [2.05, 4.69) is 13.2 Å². The normalized spacial score (nSPS) is 11.4. The summed E-state index contributed by atoms with van der Waals surface area (Å²) in [6.07, 6.45) is 2.22. The van der Waals surface area contributed by atoms with Crippen LogP contribution in [-0.2, 0) is 109 Å². The van der Waals surface area contributed by atoms with E-state index in [0.29, 0.717) is 251 Å². The Kier molecular flexibility index (Phi) is 59.7. The van der Waals surface area contributed by atoms with Gasteiger partial charge in [-0.05, 0) is 0 Å². The van der Waals surface area contributed by atoms with E-state index in [9.17, 15) is 9.59 Å². The second-order valence-electron chi connectivity index (χ2n) is 13.4. The van der Waals surface area contributed by atoms with Crippen molar-refractivity contribution in [2.45, 2.75) is 0 Å². The van der Waals surface area contributed by atoms with Crippen LogP contribution in [0.1, 0.15) is 0 Å². The molecule has 0 aromatic heterocycles. The maximum atomic E-state index is 10.9.